The van der Waals surface area contributed by atoms with Crippen LogP contribution in [-0.2, 0) is 22.0 Å². The molecule has 0 bridgehead atoms. The van der Waals surface area contributed by atoms with Crippen LogP contribution in [0.1, 0.15) is 44.9 Å². The van der Waals surface area contributed by atoms with Gasteiger partial charge in [-0.05, 0) is 72.2 Å². The Balaban J connectivity index is 1.77. The molecule has 1 heterocycles. The van der Waals surface area contributed by atoms with E-state index in [2.05, 4.69) is 5.16 Å². The van der Waals surface area contributed by atoms with E-state index in [4.69, 9.17) is 21.9 Å². The van der Waals surface area contributed by atoms with Gasteiger partial charge in [-0.3, -0.25) is 4.79 Å². The van der Waals surface area contributed by atoms with Gasteiger partial charge in [0.2, 0.25) is 5.91 Å². The van der Waals surface area contributed by atoms with Gasteiger partial charge in [-0.15, -0.1) is 11.6 Å². The molecular formula is C23H23ClN2O4S. The maximum atomic E-state index is 12.3. The van der Waals surface area contributed by atoms with E-state index in [9.17, 15) is 13.2 Å². The second-order valence-corrected chi connectivity index (χ2v) is 10.5. The highest BCUT2D eigenvalue weighted by Gasteiger charge is 2.26. The molecular weight excluding hydrogens is 436 g/mol. The summed E-state index contributed by atoms with van der Waals surface area (Å²) in [7, 11) is -3.23. The summed E-state index contributed by atoms with van der Waals surface area (Å²) in [6, 6.07) is 9.48. The van der Waals surface area contributed by atoms with Crippen LogP contribution in [0.5, 0.6) is 0 Å². The smallest absolute Gasteiger partial charge is 0.249 e. The molecule has 0 radical (unpaired) electrons. The number of carbonyl (C=O) groups is 1. The summed E-state index contributed by atoms with van der Waals surface area (Å²) in [5.74, 6) is 0.536. The molecule has 2 aromatic carbocycles. The molecule has 0 atom stereocenters. The summed E-state index contributed by atoms with van der Waals surface area (Å²) < 4.78 is 29.9. The van der Waals surface area contributed by atoms with Gasteiger partial charge in [0.05, 0.1) is 17.2 Å². The fourth-order valence-electron chi connectivity index (χ4n) is 4.30. The Bertz CT molecular complexity index is 1280. The van der Waals surface area contributed by atoms with Crippen LogP contribution in [-0.4, -0.2) is 31.1 Å². The number of halogens is 1. The van der Waals surface area contributed by atoms with Crippen molar-refractivity contribution >= 4 is 27.3 Å². The van der Waals surface area contributed by atoms with E-state index in [0.717, 1.165) is 44.6 Å². The van der Waals surface area contributed by atoms with Gasteiger partial charge in [0.25, 0.3) is 0 Å². The quantitative estimate of drug-likeness (QED) is 0.418. The standard InChI is InChI=1S/C23H23ClN2O4S/c1-13-22(14(2)30-26-13)17-10-19-18-5-4-15(12-31(28,29)7-3-6-24)8-16(18)9-20(19)21(11-17)23(25)27/h4-5,8,10-11H,3,6-7,9,12H2,1-2H3,(H2,25,27). The predicted molar refractivity (Wildman–Crippen MR) is 121 cm³/mol. The molecule has 1 aromatic heterocycles. The van der Waals surface area contributed by atoms with E-state index in [1.807, 2.05) is 38.1 Å². The molecule has 0 saturated carbocycles. The first-order valence-electron chi connectivity index (χ1n) is 9.98. The molecule has 1 aliphatic rings. The zero-order chi connectivity index (χ0) is 22.3. The Kier molecular flexibility index (Phi) is 5.66. The highest BCUT2D eigenvalue weighted by Crippen LogP contribution is 2.42. The Morgan fingerprint density at radius 1 is 1.19 bits per heavy atom. The molecule has 6 nitrogen and oxygen atoms in total. The SMILES string of the molecule is Cc1noc(C)c1-c1cc(C(N)=O)c2c(c1)-c1ccc(CS(=O)(=O)CCCCl)cc1C2. The number of hydrogen-bond acceptors (Lipinski definition) is 5. The highest BCUT2D eigenvalue weighted by molar-refractivity contribution is 7.90. The van der Waals surface area contributed by atoms with Crippen LogP contribution in [0.15, 0.2) is 34.9 Å². The fourth-order valence-corrected chi connectivity index (χ4v) is 6.01. The van der Waals surface area contributed by atoms with Crippen molar-refractivity contribution in [2.45, 2.75) is 32.4 Å². The molecule has 0 saturated heterocycles. The number of alkyl halides is 1. The van der Waals surface area contributed by atoms with Crippen LogP contribution in [0.25, 0.3) is 22.3 Å². The maximum absolute atomic E-state index is 12.3. The lowest BCUT2D eigenvalue weighted by Crippen LogP contribution is -2.14. The number of sulfone groups is 1. The lowest BCUT2D eigenvalue weighted by molar-refractivity contribution is 0.0999. The van der Waals surface area contributed by atoms with Crippen molar-refractivity contribution < 1.29 is 17.7 Å². The minimum Gasteiger partial charge on any atom is -0.366 e. The molecule has 0 fully saturated rings. The second kappa shape index (κ2) is 8.13. The maximum Gasteiger partial charge on any atom is 0.249 e. The van der Waals surface area contributed by atoms with Crippen LogP contribution < -0.4 is 5.73 Å². The second-order valence-electron chi connectivity index (χ2n) is 7.92. The van der Waals surface area contributed by atoms with Gasteiger partial charge in [-0.2, -0.15) is 0 Å². The number of hydrogen-bond donors (Lipinski definition) is 1. The number of primary amides is 1. The number of aromatic nitrogens is 1. The van der Waals surface area contributed by atoms with Crippen LogP contribution in [0, 0.1) is 13.8 Å². The molecule has 8 heteroatoms. The third-order valence-electron chi connectivity index (χ3n) is 5.64. The number of aryl methyl sites for hydroxylation is 2. The zero-order valence-electron chi connectivity index (χ0n) is 17.4. The van der Waals surface area contributed by atoms with Crippen LogP contribution in [0.2, 0.25) is 0 Å². The van der Waals surface area contributed by atoms with Crippen molar-refractivity contribution in [2.24, 2.45) is 5.73 Å². The number of amides is 1. The Morgan fingerprint density at radius 2 is 1.97 bits per heavy atom. The Hall–Kier alpha value is -2.64. The van der Waals surface area contributed by atoms with Gasteiger partial charge in [-0.1, -0.05) is 23.4 Å². The van der Waals surface area contributed by atoms with E-state index in [1.165, 1.54) is 0 Å². The molecule has 4 rings (SSSR count). The first-order chi connectivity index (χ1) is 14.7. The van der Waals surface area contributed by atoms with Crippen molar-refractivity contribution in [3.8, 4) is 22.3 Å². The molecule has 1 amide bonds. The lowest BCUT2D eigenvalue weighted by Gasteiger charge is -2.10. The molecule has 162 valence electrons. The van der Waals surface area contributed by atoms with Crippen molar-refractivity contribution in [3.63, 3.8) is 0 Å². The van der Waals surface area contributed by atoms with Crippen LogP contribution in [0.4, 0.5) is 0 Å². The van der Waals surface area contributed by atoms with Gasteiger partial charge in [0, 0.05) is 17.0 Å². The predicted octanol–water partition coefficient (Wildman–Crippen LogP) is 4.17. The minimum absolute atomic E-state index is 0.0273. The first kappa shape index (κ1) is 21.6. The number of nitrogens with zero attached hydrogens (tertiary/aromatic N) is 1. The molecule has 0 unspecified atom stereocenters. The van der Waals surface area contributed by atoms with Gasteiger partial charge < -0.3 is 10.3 Å². The summed E-state index contributed by atoms with van der Waals surface area (Å²) in [6.45, 7) is 3.69. The van der Waals surface area contributed by atoms with E-state index in [0.29, 0.717) is 30.0 Å². The number of nitrogens with two attached hydrogens (primary N) is 1. The number of carbonyl (C=O) groups excluding carboxylic acids is 1. The van der Waals surface area contributed by atoms with Gasteiger partial charge >= 0.3 is 0 Å². The zero-order valence-corrected chi connectivity index (χ0v) is 18.9. The molecule has 3 aromatic rings. The summed E-state index contributed by atoms with van der Waals surface area (Å²) in [5, 5.41) is 4.02. The molecule has 31 heavy (non-hydrogen) atoms. The van der Waals surface area contributed by atoms with Crippen molar-refractivity contribution in [1.29, 1.82) is 0 Å². The summed E-state index contributed by atoms with van der Waals surface area (Å²) in [5.41, 5.74) is 13.1. The van der Waals surface area contributed by atoms with E-state index in [-0.39, 0.29) is 11.5 Å². The van der Waals surface area contributed by atoms with Gasteiger partial charge in [-0.25, -0.2) is 8.42 Å². The van der Waals surface area contributed by atoms with Crippen LogP contribution >= 0.6 is 11.6 Å². The first-order valence-corrected chi connectivity index (χ1v) is 12.3. The molecule has 0 spiro atoms. The average Bonchev–Trinajstić information content (AvgIpc) is 3.24. The normalized spacial score (nSPS) is 12.6. The minimum atomic E-state index is -3.23. The van der Waals surface area contributed by atoms with E-state index >= 15 is 0 Å². The molecule has 1 aliphatic carbocycles. The van der Waals surface area contributed by atoms with E-state index < -0.39 is 15.7 Å². The summed E-state index contributed by atoms with van der Waals surface area (Å²) >= 11 is 5.64. The average molecular weight is 459 g/mol. The third-order valence-corrected chi connectivity index (χ3v) is 7.59. The highest BCUT2D eigenvalue weighted by atomic mass is 35.5. The van der Waals surface area contributed by atoms with Gasteiger partial charge in [0.15, 0.2) is 9.84 Å². The monoisotopic (exact) mass is 458 g/mol. The Morgan fingerprint density at radius 3 is 2.61 bits per heavy atom. The summed E-state index contributed by atoms with van der Waals surface area (Å²) in [6.07, 6.45) is 0.965. The topological polar surface area (TPSA) is 103 Å². The fraction of sp³-hybridized carbons (Fsp3) is 0.304. The number of rotatable bonds is 7. The van der Waals surface area contributed by atoms with E-state index in [1.54, 1.807) is 6.07 Å². The molecule has 2 N–H and O–H groups in total. The van der Waals surface area contributed by atoms with Crippen LogP contribution in [0.3, 0.4) is 0 Å². The largest absolute Gasteiger partial charge is 0.366 e. The van der Waals surface area contributed by atoms with Crippen molar-refractivity contribution in [1.82, 2.24) is 5.16 Å². The Labute approximate surface area is 186 Å². The van der Waals surface area contributed by atoms with Crippen molar-refractivity contribution in [2.75, 3.05) is 11.6 Å². The van der Waals surface area contributed by atoms with Gasteiger partial charge in [0.1, 0.15) is 5.76 Å². The van der Waals surface area contributed by atoms with Crippen molar-refractivity contribution in [3.05, 3.63) is 64.0 Å². The molecule has 0 aliphatic heterocycles. The number of benzene rings is 2. The lowest BCUT2D eigenvalue weighted by atomic mass is 9.93. The number of fused-ring (bicyclic) bond motifs is 3. The summed E-state index contributed by atoms with van der Waals surface area (Å²) in [4.78, 5) is 12.3. The third kappa shape index (κ3) is 4.12.